The minimum atomic E-state index is -0.162. The van der Waals surface area contributed by atoms with Gasteiger partial charge in [0.2, 0.25) is 17.7 Å². The molecule has 3 rings (SSSR count). The van der Waals surface area contributed by atoms with E-state index in [0.29, 0.717) is 18.5 Å². The molecule has 2 aromatic rings. The SMILES string of the molecule is CC(C)CC(=O)Nc1cccc([C@@H](CN2CCCC2)N(C)C(=O)Cc2ccccc2NC(=O)CC(C)C)c1. The van der Waals surface area contributed by atoms with Crippen molar-refractivity contribution in [2.75, 3.05) is 37.3 Å². The molecule has 3 amide bonds. The van der Waals surface area contributed by atoms with Crippen LogP contribution in [0.1, 0.15) is 70.5 Å². The standard InChI is InChI=1S/C31H44N4O3/c1-22(2)17-29(36)32-26-13-10-12-25(19-26)28(21-35-15-8-9-16-35)34(5)31(38)20-24-11-6-7-14-27(24)33-30(37)18-23(3)4/h6-7,10-14,19,22-23,28H,8-9,15-18,20-21H2,1-5H3,(H,32,36)(H,33,37)/t28-/m1/s1. The van der Waals surface area contributed by atoms with Crippen molar-refractivity contribution in [3.63, 3.8) is 0 Å². The molecule has 0 aromatic heterocycles. The second-order valence-corrected chi connectivity index (χ2v) is 11.3. The molecule has 1 atom stereocenters. The van der Waals surface area contributed by atoms with E-state index < -0.39 is 0 Å². The molecule has 1 fully saturated rings. The largest absolute Gasteiger partial charge is 0.337 e. The molecule has 0 unspecified atom stereocenters. The van der Waals surface area contributed by atoms with Crippen molar-refractivity contribution in [1.29, 1.82) is 0 Å². The van der Waals surface area contributed by atoms with E-state index in [2.05, 4.69) is 15.5 Å². The van der Waals surface area contributed by atoms with Crippen LogP contribution in [0.4, 0.5) is 11.4 Å². The molecule has 2 N–H and O–H groups in total. The molecule has 1 saturated heterocycles. The van der Waals surface area contributed by atoms with Crippen molar-refractivity contribution >= 4 is 29.1 Å². The number of likely N-dealkylation sites (N-methyl/N-ethyl adjacent to an activating group) is 1. The number of carbonyl (C=O) groups excluding carboxylic acids is 3. The van der Waals surface area contributed by atoms with Crippen LogP contribution in [0.5, 0.6) is 0 Å². The van der Waals surface area contributed by atoms with Crippen LogP contribution in [0.15, 0.2) is 48.5 Å². The van der Waals surface area contributed by atoms with E-state index in [-0.39, 0.29) is 42.0 Å². The van der Waals surface area contributed by atoms with Gasteiger partial charge >= 0.3 is 0 Å². The summed E-state index contributed by atoms with van der Waals surface area (Å²) in [5.74, 6) is 0.467. The number of anilines is 2. The van der Waals surface area contributed by atoms with Gasteiger partial charge in [-0.1, -0.05) is 58.0 Å². The summed E-state index contributed by atoms with van der Waals surface area (Å²) in [6.45, 7) is 10.8. The Morgan fingerprint density at radius 3 is 2.16 bits per heavy atom. The van der Waals surface area contributed by atoms with Crippen LogP contribution < -0.4 is 10.6 Å². The molecule has 0 bridgehead atoms. The summed E-state index contributed by atoms with van der Waals surface area (Å²) in [5.41, 5.74) is 3.23. The number of carbonyl (C=O) groups is 3. The lowest BCUT2D eigenvalue weighted by Gasteiger charge is -2.32. The number of likely N-dealkylation sites (tertiary alicyclic amines) is 1. The second-order valence-electron chi connectivity index (χ2n) is 11.3. The Bertz CT molecular complexity index is 1090. The summed E-state index contributed by atoms with van der Waals surface area (Å²) in [7, 11) is 1.85. The average molecular weight is 521 g/mol. The van der Waals surface area contributed by atoms with Crippen LogP contribution in [-0.2, 0) is 20.8 Å². The first-order valence-electron chi connectivity index (χ1n) is 13.9. The number of para-hydroxylation sites is 1. The van der Waals surface area contributed by atoms with Gasteiger partial charge in [-0.3, -0.25) is 14.4 Å². The van der Waals surface area contributed by atoms with Gasteiger partial charge in [-0.15, -0.1) is 0 Å². The van der Waals surface area contributed by atoms with Crippen LogP contribution in [-0.4, -0.2) is 54.2 Å². The molecule has 0 radical (unpaired) electrons. The molecule has 38 heavy (non-hydrogen) atoms. The summed E-state index contributed by atoms with van der Waals surface area (Å²) in [4.78, 5) is 42.6. The van der Waals surface area contributed by atoms with Crippen molar-refractivity contribution in [2.45, 2.75) is 65.8 Å². The predicted molar refractivity (Wildman–Crippen MR) is 154 cm³/mol. The molecule has 7 heteroatoms. The Morgan fingerprint density at radius 2 is 1.50 bits per heavy atom. The minimum absolute atomic E-state index is 0.00575. The van der Waals surface area contributed by atoms with Gasteiger partial charge in [0, 0.05) is 37.8 Å². The number of amides is 3. The summed E-state index contributed by atoms with van der Waals surface area (Å²) < 4.78 is 0. The average Bonchev–Trinajstić information content (AvgIpc) is 3.36. The zero-order valence-corrected chi connectivity index (χ0v) is 23.6. The van der Waals surface area contributed by atoms with Crippen molar-refractivity contribution in [3.05, 3.63) is 59.7 Å². The smallest absolute Gasteiger partial charge is 0.227 e. The lowest BCUT2D eigenvalue weighted by Crippen LogP contribution is -2.39. The third-order valence-electron chi connectivity index (χ3n) is 6.87. The number of hydrogen-bond acceptors (Lipinski definition) is 4. The van der Waals surface area contributed by atoms with Crippen LogP contribution in [0, 0.1) is 11.8 Å². The molecule has 0 aliphatic carbocycles. The Balaban J connectivity index is 1.80. The first-order valence-corrected chi connectivity index (χ1v) is 13.9. The molecule has 2 aromatic carbocycles. The maximum absolute atomic E-state index is 13.6. The fourth-order valence-corrected chi connectivity index (χ4v) is 4.90. The minimum Gasteiger partial charge on any atom is -0.337 e. The summed E-state index contributed by atoms with van der Waals surface area (Å²) in [6, 6.07) is 15.2. The quantitative estimate of drug-likeness (QED) is 0.388. The number of hydrogen-bond donors (Lipinski definition) is 2. The molecule has 0 saturated carbocycles. The molecule has 1 heterocycles. The fraction of sp³-hybridized carbons (Fsp3) is 0.516. The Labute approximate surface area is 228 Å². The number of rotatable bonds is 12. The van der Waals surface area contributed by atoms with Crippen molar-refractivity contribution in [3.8, 4) is 0 Å². The second kappa shape index (κ2) is 14.1. The van der Waals surface area contributed by atoms with Crippen molar-refractivity contribution in [2.24, 2.45) is 11.8 Å². The zero-order chi connectivity index (χ0) is 27.7. The number of nitrogens with zero attached hydrogens (tertiary/aromatic N) is 2. The van der Waals surface area contributed by atoms with Gasteiger partial charge in [0.1, 0.15) is 0 Å². The monoisotopic (exact) mass is 520 g/mol. The Hall–Kier alpha value is -3.19. The summed E-state index contributed by atoms with van der Waals surface area (Å²) in [6.07, 6.45) is 3.42. The number of benzene rings is 2. The first kappa shape index (κ1) is 29.4. The van der Waals surface area contributed by atoms with Gasteiger partial charge in [-0.05, 0) is 67.1 Å². The molecular weight excluding hydrogens is 476 g/mol. The summed E-state index contributed by atoms with van der Waals surface area (Å²) in [5, 5.41) is 6.00. The van der Waals surface area contributed by atoms with Crippen LogP contribution in [0.2, 0.25) is 0 Å². The Kier molecular flexibility index (Phi) is 10.9. The van der Waals surface area contributed by atoms with E-state index in [1.165, 1.54) is 12.8 Å². The molecule has 0 spiro atoms. The Morgan fingerprint density at radius 1 is 0.868 bits per heavy atom. The van der Waals surface area contributed by atoms with E-state index in [9.17, 15) is 14.4 Å². The van der Waals surface area contributed by atoms with Crippen molar-refractivity contribution < 1.29 is 14.4 Å². The lowest BCUT2D eigenvalue weighted by molar-refractivity contribution is -0.131. The molecule has 206 valence electrons. The highest BCUT2D eigenvalue weighted by molar-refractivity contribution is 5.93. The van der Waals surface area contributed by atoms with Gasteiger partial charge < -0.3 is 20.4 Å². The highest BCUT2D eigenvalue weighted by Crippen LogP contribution is 2.27. The topological polar surface area (TPSA) is 81.8 Å². The van der Waals surface area contributed by atoms with Gasteiger partial charge in [0.15, 0.2) is 0 Å². The van der Waals surface area contributed by atoms with Gasteiger partial charge in [0.25, 0.3) is 0 Å². The van der Waals surface area contributed by atoms with Crippen molar-refractivity contribution in [1.82, 2.24) is 9.80 Å². The van der Waals surface area contributed by atoms with Gasteiger partial charge in [0.05, 0.1) is 12.5 Å². The van der Waals surface area contributed by atoms with E-state index >= 15 is 0 Å². The molecule has 7 nitrogen and oxygen atoms in total. The van der Waals surface area contributed by atoms with E-state index in [0.717, 1.165) is 36.4 Å². The normalized spacial score (nSPS) is 14.5. The molecule has 1 aliphatic heterocycles. The first-order chi connectivity index (χ1) is 18.1. The van der Waals surface area contributed by atoms with E-state index in [1.54, 1.807) is 0 Å². The highest BCUT2D eigenvalue weighted by atomic mass is 16.2. The fourth-order valence-electron chi connectivity index (χ4n) is 4.90. The zero-order valence-electron chi connectivity index (χ0n) is 23.6. The summed E-state index contributed by atoms with van der Waals surface area (Å²) >= 11 is 0. The lowest BCUT2D eigenvalue weighted by atomic mass is 10.0. The van der Waals surface area contributed by atoms with Crippen LogP contribution in [0.25, 0.3) is 0 Å². The van der Waals surface area contributed by atoms with E-state index in [1.807, 2.05) is 88.2 Å². The highest BCUT2D eigenvalue weighted by Gasteiger charge is 2.26. The number of nitrogens with one attached hydrogen (secondary N) is 2. The third kappa shape index (κ3) is 8.98. The maximum Gasteiger partial charge on any atom is 0.227 e. The van der Waals surface area contributed by atoms with E-state index in [4.69, 9.17) is 0 Å². The van der Waals surface area contributed by atoms with Crippen LogP contribution >= 0.6 is 0 Å². The van der Waals surface area contributed by atoms with Crippen LogP contribution in [0.3, 0.4) is 0 Å². The maximum atomic E-state index is 13.6. The third-order valence-corrected chi connectivity index (χ3v) is 6.87. The molecular formula is C31H44N4O3. The van der Waals surface area contributed by atoms with Gasteiger partial charge in [-0.25, -0.2) is 0 Å². The van der Waals surface area contributed by atoms with Gasteiger partial charge in [-0.2, -0.15) is 0 Å². The predicted octanol–water partition coefficient (Wildman–Crippen LogP) is 5.49. The molecule has 1 aliphatic rings.